The van der Waals surface area contributed by atoms with Crippen molar-refractivity contribution in [3.8, 4) is 0 Å². The molecular formula is C9H11BrF2OS. The minimum absolute atomic E-state index is 0.528. The number of aliphatic hydroxyl groups excluding tert-OH is 1. The summed E-state index contributed by atoms with van der Waals surface area (Å²) in [6.45, 7) is 2.67. The average molecular weight is 285 g/mol. The SMILES string of the molecule is Cc1cc(C(O)CC(C)(F)F)sc1Br. The molecule has 1 aromatic rings. The molecule has 0 saturated carbocycles. The molecule has 5 heteroatoms. The molecule has 0 amide bonds. The van der Waals surface area contributed by atoms with Crippen LogP contribution in [0.4, 0.5) is 8.78 Å². The zero-order valence-electron chi connectivity index (χ0n) is 7.85. The van der Waals surface area contributed by atoms with Gasteiger partial charge in [-0.25, -0.2) is 8.78 Å². The number of alkyl halides is 2. The van der Waals surface area contributed by atoms with Crippen LogP contribution in [-0.4, -0.2) is 11.0 Å². The zero-order chi connectivity index (χ0) is 10.9. The number of aliphatic hydroxyl groups is 1. The number of hydrogen-bond acceptors (Lipinski definition) is 2. The van der Waals surface area contributed by atoms with Crippen LogP contribution in [0, 0.1) is 6.92 Å². The summed E-state index contributed by atoms with van der Waals surface area (Å²) in [5.74, 6) is -2.83. The topological polar surface area (TPSA) is 20.2 Å². The van der Waals surface area contributed by atoms with E-state index in [0.29, 0.717) is 4.88 Å². The Labute approximate surface area is 93.9 Å². The Hall–Kier alpha value is -0.000000000000000111. The van der Waals surface area contributed by atoms with Crippen LogP contribution in [0.15, 0.2) is 9.85 Å². The van der Waals surface area contributed by atoms with Gasteiger partial charge in [-0.3, -0.25) is 0 Å². The first-order valence-electron chi connectivity index (χ1n) is 4.11. The molecule has 1 atom stereocenters. The Morgan fingerprint density at radius 3 is 2.57 bits per heavy atom. The lowest BCUT2D eigenvalue weighted by Gasteiger charge is -2.14. The van der Waals surface area contributed by atoms with E-state index in [1.807, 2.05) is 6.92 Å². The molecule has 1 aromatic heterocycles. The van der Waals surface area contributed by atoms with Crippen molar-refractivity contribution < 1.29 is 13.9 Å². The molecule has 0 saturated heterocycles. The maximum Gasteiger partial charge on any atom is 0.248 e. The fourth-order valence-corrected chi connectivity index (χ4v) is 2.64. The maximum atomic E-state index is 12.6. The zero-order valence-corrected chi connectivity index (χ0v) is 10.3. The Bertz CT molecular complexity index is 300. The highest BCUT2D eigenvalue weighted by Crippen LogP contribution is 2.35. The van der Waals surface area contributed by atoms with Gasteiger partial charge < -0.3 is 5.11 Å². The summed E-state index contributed by atoms with van der Waals surface area (Å²) in [5, 5.41) is 9.50. The molecule has 0 radical (unpaired) electrons. The third kappa shape index (κ3) is 3.29. The summed E-state index contributed by atoms with van der Waals surface area (Å²) >= 11 is 4.58. The number of hydrogen-bond donors (Lipinski definition) is 1. The highest BCUT2D eigenvalue weighted by atomic mass is 79.9. The molecule has 0 aliphatic rings. The summed E-state index contributed by atoms with van der Waals surface area (Å²) in [6.07, 6.45) is -1.61. The molecule has 0 aliphatic carbocycles. The van der Waals surface area contributed by atoms with E-state index in [4.69, 9.17) is 0 Å². The smallest absolute Gasteiger partial charge is 0.248 e. The van der Waals surface area contributed by atoms with Gasteiger partial charge in [0, 0.05) is 11.3 Å². The van der Waals surface area contributed by atoms with Crippen molar-refractivity contribution in [3.05, 3.63) is 20.3 Å². The van der Waals surface area contributed by atoms with E-state index in [0.717, 1.165) is 16.3 Å². The minimum Gasteiger partial charge on any atom is -0.387 e. The quantitative estimate of drug-likeness (QED) is 0.893. The third-order valence-corrected chi connectivity index (χ3v) is 3.99. The van der Waals surface area contributed by atoms with Crippen molar-refractivity contribution in [1.82, 2.24) is 0 Å². The molecule has 80 valence electrons. The Morgan fingerprint density at radius 1 is 1.64 bits per heavy atom. The van der Waals surface area contributed by atoms with E-state index in [1.54, 1.807) is 6.07 Å². The van der Waals surface area contributed by atoms with Crippen LogP contribution in [0.1, 0.15) is 29.9 Å². The number of rotatable bonds is 3. The third-order valence-electron chi connectivity index (χ3n) is 1.76. The summed E-state index contributed by atoms with van der Waals surface area (Å²) < 4.78 is 26.1. The lowest BCUT2D eigenvalue weighted by Crippen LogP contribution is -2.14. The van der Waals surface area contributed by atoms with Gasteiger partial charge in [0.1, 0.15) is 0 Å². The molecule has 1 N–H and O–H groups in total. The maximum absolute atomic E-state index is 12.6. The van der Waals surface area contributed by atoms with Gasteiger partial charge in [0.2, 0.25) is 5.92 Å². The Kier molecular flexibility index (Phi) is 3.66. The van der Waals surface area contributed by atoms with E-state index in [9.17, 15) is 13.9 Å². The predicted molar refractivity (Wildman–Crippen MR) is 57.0 cm³/mol. The molecule has 0 aliphatic heterocycles. The summed E-state index contributed by atoms with van der Waals surface area (Å²) in [4.78, 5) is 0.580. The van der Waals surface area contributed by atoms with Crippen LogP contribution in [0.25, 0.3) is 0 Å². The largest absolute Gasteiger partial charge is 0.387 e. The van der Waals surface area contributed by atoms with Gasteiger partial charge in [0.05, 0.1) is 9.89 Å². The van der Waals surface area contributed by atoms with Crippen molar-refractivity contribution in [1.29, 1.82) is 0 Å². The van der Waals surface area contributed by atoms with E-state index >= 15 is 0 Å². The molecule has 14 heavy (non-hydrogen) atoms. The van der Waals surface area contributed by atoms with Crippen molar-refractivity contribution in [2.75, 3.05) is 0 Å². The first kappa shape index (κ1) is 12.1. The number of thiophene rings is 1. The Balaban J connectivity index is 2.75. The van der Waals surface area contributed by atoms with E-state index < -0.39 is 18.4 Å². The van der Waals surface area contributed by atoms with Gasteiger partial charge in [0.15, 0.2) is 0 Å². The van der Waals surface area contributed by atoms with Crippen molar-refractivity contribution in [2.45, 2.75) is 32.3 Å². The fraction of sp³-hybridized carbons (Fsp3) is 0.556. The highest BCUT2D eigenvalue weighted by molar-refractivity contribution is 9.11. The Morgan fingerprint density at radius 2 is 2.21 bits per heavy atom. The second-order valence-corrected chi connectivity index (χ2v) is 5.80. The fourth-order valence-electron chi connectivity index (χ4n) is 1.09. The molecule has 0 fully saturated rings. The molecular weight excluding hydrogens is 274 g/mol. The van der Waals surface area contributed by atoms with Crippen LogP contribution in [-0.2, 0) is 0 Å². The standard InChI is InChI=1S/C9H11BrF2OS/c1-5-3-7(14-8(5)10)6(13)4-9(2,11)12/h3,6,13H,4H2,1-2H3. The van der Waals surface area contributed by atoms with Crippen LogP contribution in [0.3, 0.4) is 0 Å². The van der Waals surface area contributed by atoms with E-state index in [-0.39, 0.29) is 0 Å². The van der Waals surface area contributed by atoms with Crippen LogP contribution < -0.4 is 0 Å². The average Bonchev–Trinajstić information content (AvgIpc) is 2.28. The minimum atomic E-state index is -2.83. The lowest BCUT2D eigenvalue weighted by atomic mass is 10.1. The van der Waals surface area contributed by atoms with Gasteiger partial charge >= 0.3 is 0 Å². The van der Waals surface area contributed by atoms with Crippen molar-refractivity contribution in [2.24, 2.45) is 0 Å². The van der Waals surface area contributed by atoms with Gasteiger partial charge in [-0.2, -0.15) is 0 Å². The monoisotopic (exact) mass is 284 g/mol. The molecule has 1 rings (SSSR count). The van der Waals surface area contributed by atoms with Gasteiger partial charge in [-0.15, -0.1) is 11.3 Å². The molecule has 1 heterocycles. The lowest BCUT2D eigenvalue weighted by molar-refractivity contribution is -0.0275. The van der Waals surface area contributed by atoms with Crippen molar-refractivity contribution >= 4 is 27.3 Å². The molecule has 0 spiro atoms. The van der Waals surface area contributed by atoms with Crippen molar-refractivity contribution in [3.63, 3.8) is 0 Å². The van der Waals surface area contributed by atoms with Gasteiger partial charge in [-0.05, 0) is 41.4 Å². The summed E-state index contributed by atoms with van der Waals surface area (Å²) in [6, 6.07) is 1.73. The molecule has 1 nitrogen and oxygen atoms in total. The van der Waals surface area contributed by atoms with E-state index in [1.165, 1.54) is 11.3 Å². The van der Waals surface area contributed by atoms with Crippen LogP contribution in [0.2, 0.25) is 0 Å². The highest BCUT2D eigenvalue weighted by Gasteiger charge is 2.27. The summed E-state index contributed by atoms with van der Waals surface area (Å²) in [5.41, 5.74) is 0.962. The van der Waals surface area contributed by atoms with E-state index in [2.05, 4.69) is 15.9 Å². The molecule has 0 bridgehead atoms. The number of halogens is 3. The van der Waals surface area contributed by atoms with Gasteiger partial charge in [0.25, 0.3) is 0 Å². The second-order valence-electron chi connectivity index (χ2n) is 3.40. The van der Waals surface area contributed by atoms with Gasteiger partial charge in [-0.1, -0.05) is 0 Å². The second kappa shape index (κ2) is 4.24. The number of aryl methyl sites for hydroxylation is 1. The molecule has 1 unspecified atom stereocenters. The van der Waals surface area contributed by atoms with Crippen LogP contribution >= 0.6 is 27.3 Å². The first-order valence-corrected chi connectivity index (χ1v) is 5.72. The van der Waals surface area contributed by atoms with Crippen LogP contribution in [0.5, 0.6) is 0 Å². The predicted octanol–water partition coefficient (Wildman–Crippen LogP) is 3.90. The normalized spacial score (nSPS) is 14.4. The summed E-state index contributed by atoms with van der Waals surface area (Å²) in [7, 11) is 0. The first-order chi connectivity index (χ1) is 6.29. The molecule has 0 aromatic carbocycles.